The zero-order chi connectivity index (χ0) is 22.0. The molecule has 0 saturated carbocycles. The Morgan fingerprint density at radius 1 is 1.17 bits per heavy atom. The number of carbonyl (C=O) groups excluding carboxylic acids is 2. The number of nitrogens with one attached hydrogen (secondary N) is 1. The van der Waals surface area contributed by atoms with Gasteiger partial charge in [0.25, 0.3) is 5.91 Å². The molecule has 1 aliphatic heterocycles. The van der Waals surface area contributed by atoms with Crippen molar-refractivity contribution >= 4 is 29.1 Å². The fourth-order valence-corrected chi connectivity index (χ4v) is 3.74. The monoisotopic (exact) mass is 428 g/mol. The van der Waals surface area contributed by atoms with Gasteiger partial charge in [0.2, 0.25) is 5.78 Å². The molecule has 1 atom stereocenters. The number of ether oxygens (including phenoxy) is 1. The molecule has 2 aromatic carbocycles. The zero-order valence-corrected chi connectivity index (χ0v) is 18.2. The molecule has 2 aromatic rings. The van der Waals surface area contributed by atoms with Crippen LogP contribution in [0, 0.1) is 6.92 Å². The van der Waals surface area contributed by atoms with Gasteiger partial charge in [-0.1, -0.05) is 35.6 Å². The van der Waals surface area contributed by atoms with E-state index in [1.165, 1.54) is 4.90 Å². The molecule has 30 heavy (non-hydrogen) atoms. The first kappa shape index (κ1) is 21.9. The number of likely N-dealkylation sites (tertiary alicyclic amines) is 1. The number of quaternary nitrogens is 1. The molecule has 1 heterocycles. The van der Waals surface area contributed by atoms with Crippen molar-refractivity contribution in [2.45, 2.75) is 13.0 Å². The van der Waals surface area contributed by atoms with Gasteiger partial charge in [-0.3, -0.25) is 9.59 Å². The number of halogens is 1. The number of amides is 1. The van der Waals surface area contributed by atoms with Gasteiger partial charge in [-0.25, -0.2) is 0 Å². The highest BCUT2D eigenvalue weighted by Gasteiger charge is 2.44. The first-order chi connectivity index (χ1) is 14.2. The third-order valence-electron chi connectivity index (χ3n) is 5.22. The topological polar surface area (TPSA) is 74.1 Å². The summed E-state index contributed by atoms with van der Waals surface area (Å²) in [4.78, 5) is 28.4. The van der Waals surface area contributed by atoms with Crippen LogP contribution in [-0.2, 0) is 9.59 Å². The van der Waals surface area contributed by atoms with E-state index >= 15 is 0 Å². The highest BCUT2D eigenvalue weighted by Crippen LogP contribution is 2.39. The minimum Gasteiger partial charge on any atom is -0.872 e. The maximum absolute atomic E-state index is 13.4. The number of hydrogen-bond donors (Lipinski definition) is 1. The molecule has 1 N–H and O–H groups in total. The summed E-state index contributed by atoms with van der Waals surface area (Å²) < 4.78 is 5.25. The first-order valence-electron chi connectivity index (χ1n) is 9.70. The fourth-order valence-electron chi connectivity index (χ4n) is 3.61. The van der Waals surface area contributed by atoms with E-state index in [-0.39, 0.29) is 5.57 Å². The van der Waals surface area contributed by atoms with Crippen molar-refractivity contribution < 1.29 is 24.3 Å². The molecule has 0 spiro atoms. The minimum absolute atomic E-state index is 0.0272. The molecule has 0 aromatic heterocycles. The molecule has 6 nitrogen and oxygen atoms in total. The number of methoxy groups -OCH3 is 1. The molecule has 158 valence electrons. The molecule has 1 unspecified atom stereocenters. The Morgan fingerprint density at radius 2 is 1.83 bits per heavy atom. The predicted octanol–water partition coefficient (Wildman–Crippen LogP) is 1.03. The summed E-state index contributed by atoms with van der Waals surface area (Å²) >= 11 is 6.02. The Balaban J connectivity index is 2.14. The Kier molecular flexibility index (Phi) is 6.48. The molecular formula is C23H25ClN2O4. The number of nitrogens with zero attached hydrogens (tertiary/aromatic N) is 1. The Hall–Kier alpha value is -2.83. The van der Waals surface area contributed by atoms with Crippen LogP contribution in [0.3, 0.4) is 0 Å². The number of likely N-dealkylation sites (N-methyl/N-ethyl adjacent to an activating group) is 1. The third-order valence-corrected chi connectivity index (χ3v) is 5.48. The second kappa shape index (κ2) is 8.90. The van der Waals surface area contributed by atoms with Gasteiger partial charge in [0.05, 0.1) is 40.3 Å². The van der Waals surface area contributed by atoms with Crippen LogP contribution in [0.2, 0.25) is 5.02 Å². The van der Waals surface area contributed by atoms with Crippen molar-refractivity contribution in [3.63, 3.8) is 0 Å². The van der Waals surface area contributed by atoms with Gasteiger partial charge in [-0.05, 0) is 47.9 Å². The van der Waals surface area contributed by atoms with E-state index in [1.54, 1.807) is 49.6 Å². The van der Waals surface area contributed by atoms with Crippen LogP contribution in [0.1, 0.15) is 22.7 Å². The molecular weight excluding hydrogens is 404 g/mol. The molecule has 0 aliphatic carbocycles. The van der Waals surface area contributed by atoms with Gasteiger partial charge < -0.3 is 19.6 Å². The molecule has 1 fully saturated rings. The van der Waals surface area contributed by atoms with Gasteiger partial charge in [0.1, 0.15) is 5.75 Å². The largest absolute Gasteiger partial charge is 0.872 e. The lowest BCUT2D eigenvalue weighted by Gasteiger charge is -2.28. The number of carbonyl (C=O) groups is 2. The zero-order valence-electron chi connectivity index (χ0n) is 17.5. The highest BCUT2D eigenvalue weighted by atomic mass is 35.5. The number of benzene rings is 2. The number of Topliss-reactive ketones (excluding diaryl/α,β-unsaturated/α-hetero) is 1. The lowest BCUT2D eigenvalue weighted by atomic mass is 9.95. The fraction of sp³-hybridized carbons (Fsp3) is 0.304. The van der Waals surface area contributed by atoms with E-state index in [0.29, 0.717) is 35.0 Å². The second-order valence-electron chi connectivity index (χ2n) is 7.67. The van der Waals surface area contributed by atoms with Gasteiger partial charge >= 0.3 is 0 Å². The maximum Gasteiger partial charge on any atom is 0.295 e. The van der Waals surface area contributed by atoms with Gasteiger partial charge in [-0.2, -0.15) is 0 Å². The molecule has 0 radical (unpaired) electrons. The summed E-state index contributed by atoms with van der Waals surface area (Å²) in [5.74, 6) is -1.19. The van der Waals surface area contributed by atoms with Crippen molar-refractivity contribution in [3.05, 3.63) is 69.8 Å². The lowest BCUT2D eigenvalue weighted by Crippen LogP contribution is -3.06. The van der Waals surface area contributed by atoms with E-state index in [1.807, 2.05) is 21.0 Å². The third kappa shape index (κ3) is 4.20. The van der Waals surface area contributed by atoms with Crippen LogP contribution in [-0.4, -0.2) is 50.9 Å². The normalized spacial score (nSPS) is 18.3. The molecule has 1 aliphatic rings. The standard InChI is InChI=1S/C23H25ClN2O4/c1-14-13-16(7-10-18(14)30-4)21(27)19-20(15-5-8-17(24)9-6-15)26(12-11-25(2)3)23(29)22(19)28/h5-10,13,20,27H,11-12H2,1-4H3. The molecule has 1 amide bonds. The van der Waals surface area contributed by atoms with Crippen LogP contribution in [0.15, 0.2) is 48.0 Å². The summed E-state index contributed by atoms with van der Waals surface area (Å²) in [6, 6.07) is 11.1. The van der Waals surface area contributed by atoms with Crippen molar-refractivity contribution in [2.75, 3.05) is 34.3 Å². The summed E-state index contributed by atoms with van der Waals surface area (Å²) in [5.41, 5.74) is 1.78. The lowest BCUT2D eigenvalue weighted by molar-refractivity contribution is -0.857. The Labute approximate surface area is 181 Å². The van der Waals surface area contributed by atoms with Crippen LogP contribution in [0.4, 0.5) is 0 Å². The van der Waals surface area contributed by atoms with E-state index in [0.717, 1.165) is 10.5 Å². The molecule has 3 rings (SSSR count). The molecule has 1 saturated heterocycles. The Bertz CT molecular complexity index is 999. The molecule has 0 bridgehead atoms. The van der Waals surface area contributed by atoms with Crippen molar-refractivity contribution in [3.8, 4) is 5.75 Å². The summed E-state index contributed by atoms with van der Waals surface area (Å²) in [5, 5.41) is 13.9. The van der Waals surface area contributed by atoms with Crippen LogP contribution in [0.25, 0.3) is 5.76 Å². The number of rotatable bonds is 6. The van der Waals surface area contributed by atoms with E-state index in [9.17, 15) is 14.7 Å². The maximum atomic E-state index is 13.4. The average molecular weight is 429 g/mol. The van der Waals surface area contributed by atoms with Crippen LogP contribution in [0.5, 0.6) is 5.75 Å². The SMILES string of the molecule is COc1ccc(C([O-])=C2C(=O)C(=O)N(CC[NH+](C)C)C2c2ccc(Cl)cc2)cc1C. The van der Waals surface area contributed by atoms with Crippen molar-refractivity contribution in [2.24, 2.45) is 0 Å². The minimum atomic E-state index is -0.748. The van der Waals surface area contributed by atoms with E-state index in [4.69, 9.17) is 16.3 Å². The van der Waals surface area contributed by atoms with Gasteiger partial charge in [0, 0.05) is 10.6 Å². The van der Waals surface area contributed by atoms with Crippen molar-refractivity contribution in [1.29, 1.82) is 0 Å². The number of ketones is 1. The Morgan fingerprint density at radius 3 is 2.40 bits per heavy atom. The first-order valence-corrected chi connectivity index (χ1v) is 10.1. The molecule has 7 heteroatoms. The van der Waals surface area contributed by atoms with Crippen LogP contribution >= 0.6 is 11.6 Å². The number of hydrogen-bond acceptors (Lipinski definition) is 4. The summed E-state index contributed by atoms with van der Waals surface area (Å²) in [6.45, 7) is 2.83. The number of aryl methyl sites for hydroxylation is 1. The quantitative estimate of drug-likeness (QED) is 0.423. The van der Waals surface area contributed by atoms with E-state index in [2.05, 4.69) is 0 Å². The second-order valence-corrected chi connectivity index (χ2v) is 8.10. The highest BCUT2D eigenvalue weighted by molar-refractivity contribution is 6.46. The summed E-state index contributed by atoms with van der Waals surface area (Å²) in [6.07, 6.45) is 0. The van der Waals surface area contributed by atoms with E-state index < -0.39 is 23.5 Å². The van der Waals surface area contributed by atoms with Crippen LogP contribution < -0.4 is 14.7 Å². The predicted molar refractivity (Wildman–Crippen MR) is 113 cm³/mol. The van der Waals surface area contributed by atoms with Gasteiger partial charge in [-0.15, -0.1) is 0 Å². The smallest absolute Gasteiger partial charge is 0.295 e. The average Bonchev–Trinajstić information content (AvgIpc) is 2.96. The van der Waals surface area contributed by atoms with Gasteiger partial charge in [0.15, 0.2) is 0 Å². The summed E-state index contributed by atoms with van der Waals surface area (Å²) in [7, 11) is 5.49. The van der Waals surface area contributed by atoms with Crippen molar-refractivity contribution in [1.82, 2.24) is 4.90 Å².